The van der Waals surface area contributed by atoms with Gasteiger partial charge in [-0.2, -0.15) is 0 Å². The van der Waals surface area contributed by atoms with Crippen LogP contribution in [0.5, 0.6) is 0 Å². The normalized spacial score (nSPS) is 35.7. The van der Waals surface area contributed by atoms with E-state index in [1.54, 1.807) is 0 Å². The number of nitrogens with one attached hydrogen (secondary N) is 1. The summed E-state index contributed by atoms with van der Waals surface area (Å²) in [4.78, 5) is 15.2. The van der Waals surface area contributed by atoms with Crippen molar-refractivity contribution in [1.82, 2.24) is 5.32 Å². The SMILES string of the molecule is Cl.NC1CCN(c2ccc(Cl)c(C(=O)NCC34CC5CC(CC(C5)C3)C4)c2)C1. The molecule has 6 rings (SSSR count). The van der Waals surface area contributed by atoms with Gasteiger partial charge in [0, 0.05) is 31.4 Å². The van der Waals surface area contributed by atoms with Crippen molar-refractivity contribution in [3.63, 3.8) is 0 Å². The summed E-state index contributed by atoms with van der Waals surface area (Å²) < 4.78 is 0. The Kier molecular flexibility index (Phi) is 5.58. The van der Waals surface area contributed by atoms with E-state index in [9.17, 15) is 4.79 Å². The molecule has 28 heavy (non-hydrogen) atoms. The molecule has 1 unspecified atom stereocenters. The van der Waals surface area contributed by atoms with E-state index in [4.69, 9.17) is 17.3 Å². The van der Waals surface area contributed by atoms with Gasteiger partial charge in [-0.1, -0.05) is 11.6 Å². The lowest BCUT2D eigenvalue weighted by Gasteiger charge is -2.56. The Balaban J connectivity index is 0.00000192. The number of nitrogens with zero attached hydrogens (tertiary/aromatic N) is 1. The molecule has 5 aliphatic rings. The van der Waals surface area contributed by atoms with E-state index in [0.29, 0.717) is 16.0 Å². The number of carbonyl (C=O) groups is 1. The average Bonchev–Trinajstić information content (AvgIpc) is 3.05. The van der Waals surface area contributed by atoms with E-state index in [1.165, 1.54) is 38.5 Å². The number of amides is 1. The van der Waals surface area contributed by atoms with Crippen LogP contribution in [0.25, 0.3) is 0 Å². The molecule has 1 aromatic carbocycles. The van der Waals surface area contributed by atoms with Crippen LogP contribution in [-0.4, -0.2) is 31.6 Å². The molecule has 6 heteroatoms. The third kappa shape index (κ3) is 3.76. The molecule has 1 heterocycles. The van der Waals surface area contributed by atoms with Crippen LogP contribution < -0.4 is 16.0 Å². The Hall–Kier alpha value is -0.970. The molecule has 0 radical (unpaired) electrons. The van der Waals surface area contributed by atoms with Crippen molar-refractivity contribution in [3.8, 4) is 0 Å². The molecule has 4 saturated carbocycles. The number of hydrogen-bond acceptors (Lipinski definition) is 3. The summed E-state index contributed by atoms with van der Waals surface area (Å²) in [7, 11) is 0. The molecule has 154 valence electrons. The van der Waals surface area contributed by atoms with Gasteiger partial charge in [0.2, 0.25) is 0 Å². The van der Waals surface area contributed by atoms with Gasteiger partial charge >= 0.3 is 0 Å². The Morgan fingerprint density at radius 2 is 1.82 bits per heavy atom. The predicted octanol–water partition coefficient (Wildman–Crippen LogP) is 4.25. The van der Waals surface area contributed by atoms with Gasteiger partial charge in [-0.05, 0) is 86.3 Å². The number of carbonyl (C=O) groups excluding carboxylic acids is 1. The standard InChI is InChI=1S/C22H30ClN3O.ClH/c23-20-2-1-18(26-4-3-17(24)12-26)8-19(20)21(27)25-13-22-9-14-5-15(10-22)7-16(6-14)11-22;/h1-2,8,14-17H,3-7,9-13,24H2,(H,25,27);1H. The zero-order valence-electron chi connectivity index (χ0n) is 16.3. The van der Waals surface area contributed by atoms with E-state index < -0.39 is 0 Å². The summed E-state index contributed by atoms with van der Waals surface area (Å²) in [6, 6.07) is 6.00. The maximum atomic E-state index is 13.0. The lowest BCUT2D eigenvalue weighted by atomic mass is 9.49. The fourth-order valence-electron chi connectivity index (χ4n) is 6.78. The minimum absolute atomic E-state index is 0. The predicted molar refractivity (Wildman–Crippen MR) is 116 cm³/mol. The van der Waals surface area contributed by atoms with Crippen LogP contribution in [0.15, 0.2) is 18.2 Å². The number of nitrogens with two attached hydrogens (primary N) is 1. The molecular weight excluding hydrogens is 393 g/mol. The maximum absolute atomic E-state index is 13.0. The summed E-state index contributed by atoms with van der Waals surface area (Å²) >= 11 is 6.38. The van der Waals surface area contributed by atoms with Gasteiger partial charge in [-0.15, -0.1) is 12.4 Å². The number of benzene rings is 1. The first-order valence-corrected chi connectivity index (χ1v) is 11.0. The number of hydrogen-bond donors (Lipinski definition) is 2. The van der Waals surface area contributed by atoms with Crippen molar-refractivity contribution < 1.29 is 4.79 Å². The molecule has 0 spiro atoms. The largest absolute Gasteiger partial charge is 0.370 e. The molecule has 3 N–H and O–H groups in total. The first-order chi connectivity index (χ1) is 13.0. The quantitative estimate of drug-likeness (QED) is 0.760. The highest BCUT2D eigenvalue weighted by Crippen LogP contribution is 2.59. The minimum Gasteiger partial charge on any atom is -0.370 e. The highest BCUT2D eigenvalue weighted by Gasteiger charge is 2.50. The Morgan fingerprint density at radius 3 is 2.39 bits per heavy atom. The van der Waals surface area contributed by atoms with Crippen LogP contribution in [0.3, 0.4) is 0 Å². The Bertz CT molecular complexity index is 718. The van der Waals surface area contributed by atoms with E-state index >= 15 is 0 Å². The van der Waals surface area contributed by atoms with Gasteiger partial charge < -0.3 is 16.0 Å². The van der Waals surface area contributed by atoms with Crippen LogP contribution >= 0.6 is 24.0 Å². The monoisotopic (exact) mass is 423 g/mol. The smallest absolute Gasteiger partial charge is 0.252 e. The molecule has 1 amide bonds. The third-order valence-corrected chi connectivity index (χ3v) is 7.90. The Labute approximate surface area is 179 Å². The molecule has 5 fully saturated rings. The van der Waals surface area contributed by atoms with Gasteiger partial charge in [0.15, 0.2) is 0 Å². The number of halogens is 2. The Morgan fingerprint density at radius 1 is 1.18 bits per heavy atom. The summed E-state index contributed by atoms with van der Waals surface area (Å²) in [5, 5.41) is 3.79. The second kappa shape index (κ2) is 7.70. The zero-order chi connectivity index (χ0) is 18.6. The number of anilines is 1. The van der Waals surface area contributed by atoms with Gasteiger partial charge in [0.25, 0.3) is 5.91 Å². The van der Waals surface area contributed by atoms with E-state index in [2.05, 4.69) is 10.2 Å². The van der Waals surface area contributed by atoms with Crippen LogP contribution in [0.2, 0.25) is 5.02 Å². The van der Waals surface area contributed by atoms with Crippen molar-refractivity contribution in [2.24, 2.45) is 28.9 Å². The topological polar surface area (TPSA) is 58.4 Å². The van der Waals surface area contributed by atoms with Crippen molar-refractivity contribution in [1.29, 1.82) is 0 Å². The van der Waals surface area contributed by atoms with Crippen molar-refractivity contribution in [2.75, 3.05) is 24.5 Å². The average molecular weight is 424 g/mol. The molecule has 4 bridgehead atoms. The summed E-state index contributed by atoms with van der Waals surface area (Å²) in [5.41, 5.74) is 8.02. The highest BCUT2D eigenvalue weighted by atomic mass is 35.5. The van der Waals surface area contributed by atoms with Crippen LogP contribution in [-0.2, 0) is 0 Å². The first-order valence-electron chi connectivity index (χ1n) is 10.6. The first kappa shape index (κ1) is 20.3. The molecule has 1 aliphatic heterocycles. The molecule has 1 atom stereocenters. The van der Waals surface area contributed by atoms with Crippen LogP contribution in [0.4, 0.5) is 5.69 Å². The molecule has 1 saturated heterocycles. The van der Waals surface area contributed by atoms with Crippen LogP contribution in [0.1, 0.15) is 55.3 Å². The molecule has 0 aromatic heterocycles. The second-order valence-electron chi connectivity index (χ2n) is 9.76. The fourth-order valence-corrected chi connectivity index (χ4v) is 6.98. The molecule has 4 aliphatic carbocycles. The van der Waals surface area contributed by atoms with Crippen molar-refractivity contribution >= 4 is 35.6 Å². The lowest BCUT2D eigenvalue weighted by molar-refractivity contribution is -0.0503. The molecule has 1 aromatic rings. The second-order valence-corrected chi connectivity index (χ2v) is 10.2. The fraction of sp³-hybridized carbons (Fsp3) is 0.682. The summed E-state index contributed by atoms with van der Waals surface area (Å²) in [6.07, 6.45) is 9.20. The third-order valence-electron chi connectivity index (χ3n) is 7.57. The lowest BCUT2D eigenvalue weighted by Crippen LogP contribution is -2.51. The van der Waals surface area contributed by atoms with Crippen molar-refractivity contribution in [2.45, 2.75) is 51.0 Å². The van der Waals surface area contributed by atoms with Gasteiger partial charge in [-0.3, -0.25) is 4.79 Å². The van der Waals surface area contributed by atoms with E-state index in [0.717, 1.165) is 49.5 Å². The van der Waals surface area contributed by atoms with E-state index in [1.807, 2.05) is 18.2 Å². The van der Waals surface area contributed by atoms with Gasteiger partial charge in [0.1, 0.15) is 0 Å². The summed E-state index contributed by atoms with van der Waals surface area (Å²) in [6.45, 7) is 2.59. The molecule has 4 nitrogen and oxygen atoms in total. The van der Waals surface area contributed by atoms with Gasteiger partial charge in [-0.25, -0.2) is 0 Å². The number of rotatable bonds is 4. The maximum Gasteiger partial charge on any atom is 0.252 e. The van der Waals surface area contributed by atoms with E-state index in [-0.39, 0.29) is 24.4 Å². The molecular formula is C22H31Cl2N3O. The minimum atomic E-state index is -0.0268. The zero-order valence-corrected chi connectivity index (χ0v) is 17.9. The summed E-state index contributed by atoms with van der Waals surface area (Å²) in [5.74, 6) is 2.68. The van der Waals surface area contributed by atoms with Crippen molar-refractivity contribution in [3.05, 3.63) is 28.8 Å². The van der Waals surface area contributed by atoms with Gasteiger partial charge in [0.05, 0.1) is 10.6 Å². The van der Waals surface area contributed by atoms with Crippen LogP contribution in [0, 0.1) is 23.2 Å². The highest BCUT2D eigenvalue weighted by molar-refractivity contribution is 6.34.